The van der Waals surface area contributed by atoms with Gasteiger partial charge in [0.2, 0.25) is 0 Å². The average molecular weight is 473 g/mol. The number of hydrogen-bond acceptors (Lipinski definition) is 5. The van der Waals surface area contributed by atoms with E-state index in [0.29, 0.717) is 32.8 Å². The molecule has 0 saturated heterocycles. The number of para-hydroxylation sites is 1. The van der Waals surface area contributed by atoms with Gasteiger partial charge in [0, 0.05) is 23.3 Å². The summed E-state index contributed by atoms with van der Waals surface area (Å²) < 4.78 is 3.04. The number of carbonyl (C=O) groups excluding carboxylic acids is 1. The van der Waals surface area contributed by atoms with Gasteiger partial charge in [-0.25, -0.2) is 9.50 Å². The molecule has 0 bridgehead atoms. The minimum Gasteiger partial charge on any atom is -0.381 e. The third kappa shape index (κ3) is 3.58. The van der Waals surface area contributed by atoms with E-state index in [-0.39, 0.29) is 16.9 Å². The van der Waals surface area contributed by atoms with E-state index in [1.807, 2.05) is 56.3 Å². The Morgan fingerprint density at radius 3 is 2.65 bits per heavy atom. The highest BCUT2D eigenvalue weighted by Crippen LogP contribution is 2.26. The van der Waals surface area contributed by atoms with Crippen molar-refractivity contribution in [2.24, 2.45) is 0 Å². The summed E-state index contributed by atoms with van der Waals surface area (Å²) in [5.74, 6) is -0.357. The highest BCUT2D eigenvalue weighted by Gasteiger charge is 2.24. The van der Waals surface area contributed by atoms with Gasteiger partial charge in [0.15, 0.2) is 11.5 Å². The smallest absolute Gasteiger partial charge is 0.264 e. The molecule has 0 aliphatic heterocycles. The fraction of sp³-hybridized carbons (Fsp3) is 0.120. The van der Waals surface area contributed by atoms with Crippen molar-refractivity contribution < 1.29 is 4.79 Å². The topological polar surface area (TPSA) is 107 Å². The standard InChI is InChI=1S/C25H21ClN6O2/c1-14-11-12-31-23(28-14)21(22(27)30-31)24(33)29-15(2)19-13-16-7-6-10-18(26)20(16)25(34)32(19)17-8-4-3-5-9-17/h3-13,15H,1-2H3,(H2,27,30)(H,29,33)/t15-/m0/s1. The summed E-state index contributed by atoms with van der Waals surface area (Å²) in [5.41, 5.74) is 8.34. The molecule has 170 valence electrons. The Labute approximate surface area is 199 Å². The lowest BCUT2D eigenvalue weighted by atomic mass is 10.1. The van der Waals surface area contributed by atoms with E-state index in [1.54, 1.807) is 29.0 Å². The molecule has 5 rings (SSSR count). The summed E-state index contributed by atoms with van der Waals surface area (Å²) in [6, 6.07) is 17.6. The van der Waals surface area contributed by atoms with E-state index < -0.39 is 11.9 Å². The number of nitrogens with zero attached hydrogens (tertiary/aromatic N) is 4. The van der Waals surface area contributed by atoms with E-state index in [9.17, 15) is 9.59 Å². The highest BCUT2D eigenvalue weighted by molar-refractivity contribution is 6.35. The summed E-state index contributed by atoms with van der Waals surface area (Å²) in [5, 5.41) is 8.63. The average Bonchev–Trinajstić information content (AvgIpc) is 3.14. The van der Waals surface area contributed by atoms with Crippen LogP contribution in [0.3, 0.4) is 0 Å². The second-order valence-electron chi connectivity index (χ2n) is 8.04. The fourth-order valence-electron chi connectivity index (χ4n) is 4.10. The molecule has 3 heterocycles. The molecule has 9 heteroatoms. The molecule has 5 aromatic rings. The number of halogens is 1. The highest BCUT2D eigenvalue weighted by atomic mass is 35.5. The summed E-state index contributed by atoms with van der Waals surface area (Å²) >= 11 is 6.38. The van der Waals surface area contributed by atoms with Gasteiger partial charge in [0.05, 0.1) is 16.5 Å². The van der Waals surface area contributed by atoms with Crippen molar-refractivity contribution in [2.45, 2.75) is 19.9 Å². The van der Waals surface area contributed by atoms with E-state index >= 15 is 0 Å². The van der Waals surface area contributed by atoms with Crippen LogP contribution in [0.5, 0.6) is 0 Å². The van der Waals surface area contributed by atoms with Crippen LogP contribution in [0.1, 0.15) is 34.7 Å². The molecule has 0 aliphatic carbocycles. The Balaban J connectivity index is 1.63. The first kappa shape index (κ1) is 21.7. The molecule has 1 atom stereocenters. The minimum atomic E-state index is -0.553. The minimum absolute atomic E-state index is 0.0774. The second-order valence-corrected chi connectivity index (χ2v) is 8.45. The fourth-order valence-corrected chi connectivity index (χ4v) is 4.36. The van der Waals surface area contributed by atoms with Crippen molar-refractivity contribution in [3.8, 4) is 5.69 Å². The van der Waals surface area contributed by atoms with Crippen molar-refractivity contribution in [2.75, 3.05) is 5.73 Å². The van der Waals surface area contributed by atoms with E-state index in [4.69, 9.17) is 17.3 Å². The van der Waals surface area contributed by atoms with Crippen LogP contribution < -0.4 is 16.6 Å². The Hall–Kier alpha value is -4.17. The van der Waals surface area contributed by atoms with Gasteiger partial charge in [0.1, 0.15) is 5.56 Å². The van der Waals surface area contributed by atoms with Crippen LogP contribution in [0.25, 0.3) is 22.1 Å². The number of anilines is 1. The Morgan fingerprint density at radius 1 is 1.12 bits per heavy atom. The first-order valence-corrected chi connectivity index (χ1v) is 11.0. The monoisotopic (exact) mass is 472 g/mol. The van der Waals surface area contributed by atoms with Gasteiger partial charge < -0.3 is 11.1 Å². The van der Waals surface area contributed by atoms with Crippen molar-refractivity contribution in [1.82, 2.24) is 24.5 Å². The summed E-state index contributed by atoms with van der Waals surface area (Å²) in [7, 11) is 0. The lowest BCUT2D eigenvalue weighted by molar-refractivity contribution is 0.0941. The van der Waals surface area contributed by atoms with Crippen LogP contribution in [0.4, 0.5) is 5.82 Å². The largest absolute Gasteiger partial charge is 0.381 e. The third-order valence-electron chi connectivity index (χ3n) is 5.71. The molecule has 0 unspecified atom stereocenters. The van der Waals surface area contributed by atoms with Gasteiger partial charge in [-0.3, -0.25) is 14.2 Å². The van der Waals surface area contributed by atoms with Gasteiger partial charge in [-0.15, -0.1) is 5.10 Å². The summed E-state index contributed by atoms with van der Waals surface area (Å²) in [4.78, 5) is 31.3. The van der Waals surface area contributed by atoms with Gasteiger partial charge in [0.25, 0.3) is 11.5 Å². The first-order chi connectivity index (χ1) is 16.3. The predicted molar refractivity (Wildman–Crippen MR) is 133 cm³/mol. The maximum atomic E-state index is 13.6. The van der Waals surface area contributed by atoms with E-state index in [1.165, 1.54) is 4.52 Å². The van der Waals surface area contributed by atoms with Crippen LogP contribution in [0, 0.1) is 6.92 Å². The number of nitrogens with one attached hydrogen (secondary N) is 1. The maximum absolute atomic E-state index is 13.6. The van der Waals surface area contributed by atoms with Crippen molar-refractivity contribution >= 4 is 39.7 Å². The number of hydrogen-bond donors (Lipinski definition) is 2. The molecule has 2 aromatic carbocycles. The molecule has 0 spiro atoms. The molecule has 3 N–H and O–H groups in total. The molecule has 0 radical (unpaired) electrons. The molecule has 0 aliphatic rings. The second kappa shape index (κ2) is 8.31. The molecule has 0 saturated carbocycles. The maximum Gasteiger partial charge on any atom is 0.264 e. The number of aromatic nitrogens is 4. The quantitative estimate of drug-likeness (QED) is 0.410. The molecular weight excluding hydrogens is 452 g/mol. The van der Waals surface area contributed by atoms with Crippen LogP contribution in [0.15, 0.2) is 71.7 Å². The number of fused-ring (bicyclic) bond motifs is 2. The molecule has 34 heavy (non-hydrogen) atoms. The van der Waals surface area contributed by atoms with Crippen LogP contribution in [-0.4, -0.2) is 25.1 Å². The number of pyridine rings is 1. The molecule has 8 nitrogen and oxygen atoms in total. The Bertz CT molecular complexity index is 1620. The van der Waals surface area contributed by atoms with E-state index in [0.717, 1.165) is 5.69 Å². The van der Waals surface area contributed by atoms with Gasteiger partial charge in [-0.2, -0.15) is 0 Å². The molecule has 3 aromatic heterocycles. The van der Waals surface area contributed by atoms with Crippen LogP contribution in [-0.2, 0) is 0 Å². The lowest BCUT2D eigenvalue weighted by Crippen LogP contribution is -2.32. The Kier molecular flexibility index (Phi) is 5.30. The van der Waals surface area contributed by atoms with Crippen molar-refractivity contribution in [3.63, 3.8) is 0 Å². The zero-order chi connectivity index (χ0) is 24.0. The van der Waals surface area contributed by atoms with Gasteiger partial charge in [-0.1, -0.05) is 41.9 Å². The SMILES string of the molecule is Cc1ccn2nc(N)c(C(=O)N[C@@H](C)c3cc4cccc(Cl)c4c(=O)n3-c3ccccc3)c2n1. The Morgan fingerprint density at radius 2 is 1.88 bits per heavy atom. The van der Waals surface area contributed by atoms with Crippen molar-refractivity contribution in [1.29, 1.82) is 0 Å². The summed E-state index contributed by atoms with van der Waals surface area (Å²) in [6.07, 6.45) is 1.70. The number of aryl methyl sites for hydroxylation is 1. The van der Waals surface area contributed by atoms with Gasteiger partial charge in [-0.05, 0) is 49.6 Å². The number of carbonyl (C=O) groups is 1. The van der Waals surface area contributed by atoms with Gasteiger partial charge >= 0.3 is 0 Å². The van der Waals surface area contributed by atoms with Crippen molar-refractivity contribution in [3.05, 3.63) is 99.2 Å². The van der Waals surface area contributed by atoms with E-state index in [2.05, 4.69) is 15.4 Å². The summed E-state index contributed by atoms with van der Waals surface area (Å²) in [6.45, 7) is 3.63. The number of nitrogens with two attached hydrogens (primary N) is 1. The van der Waals surface area contributed by atoms with Crippen LogP contribution >= 0.6 is 11.6 Å². The lowest BCUT2D eigenvalue weighted by Gasteiger charge is -2.21. The molecular formula is C25H21ClN6O2. The number of benzene rings is 2. The number of rotatable bonds is 4. The zero-order valence-electron chi connectivity index (χ0n) is 18.5. The van der Waals surface area contributed by atoms with Crippen LogP contribution in [0.2, 0.25) is 5.02 Å². The zero-order valence-corrected chi connectivity index (χ0v) is 19.2. The molecule has 1 amide bonds. The molecule has 0 fully saturated rings. The first-order valence-electron chi connectivity index (χ1n) is 10.7. The third-order valence-corrected chi connectivity index (χ3v) is 6.02. The normalized spacial score (nSPS) is 12.2. The number of nitrogen functional groups attached to an aromatic ring is 1. The number of amides is 1. The predicted octanol–water partition coefficient (Wildman–Crippen LogP) is 4.07.